The molecule has 0 aliphatic carbocycles. The van der Waals surface area contributed by atoms with Gasteiger partial charge in [-0.25, -0.2) is 0 Å². The van der Waals surface area contributed by atoms with Gasteiger partial charge in [0.05, 0.1) is 5.92 Å². The van der Waals surface area contributed by atoms with Gasteiger partial charge in [0.2, 0.25) is 0 Å². The minimum Gasteiger partial charge on any atom is -0.488 e. The van der Waals surface area contributed by atoms with Crippen molar-refractivity contribution in [2.24, 2.45) is 0 Å². The van der Waals surface area contributed by atoms with Gasteiger partial charge in [-0.3, -0.25) is 4.79 Å². The van der Waals surface area contributed by atoms with Gasteiger partial charge in [-0.2, -0.15) is 13.2 Å². The third-order valence-corrected chi connectivity index (χ3v) is 5.01. The highest BCUT2D eigenvalue weighted by atomic mass is 19.4. The highest BCUT2D eigenvalue weighted by Crippen LogP contribution is 2.45. The number of carboxylic acids is 1. The van der Waals surface area contributed by atoms with Gasteiger partial charge < -0.3 is 9.84 Å². The van der Waals surface area contributed by atoms with Gasteiger partial charge in [0, 0.05) is 0 Å². The van der Waals surface area contributed by atoms with Gasteiger partial charge in [0.1, 0.15) is 17.9 Å². The maximum absolute atomic E-state index is 14.2. The van der Waals surface area contributed by atoms with Crippen molar-refractivity contribution in [1.29, 1.82) is 0 Å². The Morgan fingerprint density at radius 3 is 2.13 bits per heavy atom. The van der Waals surface area contributed by atoms with Crippen molar-refractivity contribution in [3.8, 4) is 16.9 Å². The molecular weight excluding hydrogens is 405 g/mol. The van der Waals surface area contributed by atoms with Crippen molar-refractivity contribution in [3.63, 3.8) is 0 Å². The first-order chi connectivity index (χ1) is 14.8. The SMILES string of the molecule is CCC[C@H](C(=O)O)c1cc(-c2ccccc2)cc(OCc2ccccc2)c1C(F)(F)F. The molecule has 0 aliphatic heterocycles. The summed E-state index contributed by atoms with van der Waals surface area (Å²) in [5, 5.41) is 9.70. The Balaban J connectivity index is 2.19. The van der Waals surface area contributed by atoms with Crippen LogP contribution < -0.4 is 4.74 Å². The molecule has 162 valence electrons. The zero-order chi connectivity index (χ0) is 22.4. The summed E-state index contributed by atoms with van der Waals surface area (Å²) in [6, 6.07) is 20.4. The summed E-state index contributed by atoms with van der Waals surface area (Å²) in [6.07, 6.45) is -4.24. The monoisotopic (exact) mass is 428 g/mol. The molecule has 31 heavy (non-hydrogen) atoms. The number of hydrogen-bond donors (Lipinski definition) is 1. The van der Waals surface area contributed by atoms with E-state index in [1.165, 1.54) is 12.1 Å². The van der Waals surface area contributed by atoms with Gasteiger partial charge in [0.15, 0.2) is 0 Å². The van der Waals surface area contributed by atoms with Crippen LogP contribution in [0, 0.1) is 0 Å². The lowest BCUT2D eigenvalue weighted by Crippen LogP contribution is -2.19. The van der Waals surface area contributed by atoms with E-state index in [0.717, 1.165) is 0 Å². The van der Waals surface area contributed by atoms with Crippen LogP contribution in [-0.4, -0.2) is 11.1 Å². The molecular formula is C25H23F3O3. The Kier molecular flexibility index (Phi) is 7.00. The molecule has 0 fully saturated rings. The Hall–Kier alpha value is -3.28. The first-order valence-corrected chi connectivity index (χ1v) is 10.0. The highest BCUT2D eigenvalue weighted by Gasteiger charge is 2.40. The van der Waals surface area contributed by atoms with Crippen molar-refractivity contribution < 1.29 is 27.8 Å². The number of ether oxygens (including phenoxy) is 1. The first-order valence-electron chi connectivity index (χ1n) is 10.0. The van der Waals surface area contributed by atoms with Gasteiger partial charge in [-0.15, -0.1) is 0 Å². The molecule has 0 saturated heterocycles. The van der Waals surface area contributed by atoms with Gasteiger partial charge in [-0.05, 0) is 40.8 Å². The molecule has 3 aromatic carbocycles. The summed E-state index contributed by atoms with van der Waals surface area (Å²) < 4.78 is 48.1. The molecule has 1 N–H and O–H groups in total. The molecule has 0 amide bonds. The second kappa shape index (κ2) is 9.69. The summed E-state index contributed by atoms with van der Waals surface area (Å²) in [7, 11) is 0. The Labute approximate surface area is 179 Å². The summed E-state index contributed by atoms with van der Waals surface area (Å²) in [6.45, 7) is 1.68. The van der Waals surface area contributed by atoms with Gasteiger partial charge in [-0.1, -0.05) is 74.0 Å². The quantitative estimate of drug-likeness (QED) is 0.424. The normalized spacial score (nSPS) is 12.4. The number of alkyl halides is 3. The minimum absolute atomic E-state index is 0.0624. The van der Waals surface area contributed by atoms with Crippen molar-refractivity contribution in [2.75, 3.05) is 0 Å². The number of carboxylic acid groups (broad SMARTS) is 1. The molecule has 1 atom stereocenters. The average molecular weight is 428 g/mol. The molecule has 0 aromatic heterocycles. The summed E-state index contributed by atoms with van der Waals surface area (Å²) in [5.41, 5.74) is 0.581. The van der Waals surface area contributed by atoms with Crippen LogP contribution in [0.3, 0.4) is 0 Å². The van der Waals surface area contributed by atoms with E-state index in [4.69, 9.17) is 4.74 Å². The van der Waals surface area contributed by atoms with E-state index in [9.17, 15) is 23.1 Å². The predicted molar refractivity (Wildman–Crippen MR) is 113 cm³/mol. The van der Waals surface area contributed by atoms with Crippen LogP contribution in [0.5, 0.6) is 5.75 Å². The number of rotatable bonds is 8. The maximum atomic E-state index is 14.2. The smallest absolute Gasteiger partial charge is 0.420 e. The zero-order valence-corrected chi connectivity index (χ0v) is 17.0. The standard InChI is InChI=1S/C25H23F3O3/c1-2-9-20(24(29)30)21-14-19(18-12-7-4-8-13-18)15-22(23(21)25(26,27)28)31-16-17-10-5-3-6-11-17/h3-8,10-15,20H,2,9,16H2,1H3,(H,29,30)/t20-/m0/s1. The van der Waals surface area contributed by atoms with Crippen LogP contribution in [0.1, 0.15) is 42.4 Å². The van der Waals surface area contributed by atoms with Crippen LogP contribution >= 0.6 is 0 Å². The molecule has 0 unspecified atom stereocenters. The molecule has 3 rings (SSSR count). The fourth-order valence-electron chi connectivity index (χ4n) is 3.56. The summed E-state index contributed by atoms with van der Waals surface area (Å²) in [4.78, 5) is 11.9. The van der Waals surface area contributed by atoms with E-state index in [0.29, 0.717) is 23.1 Å². The van der Waals surface area contributed by atoms with E-state index < -0.39 is 23.6 Å². The van der Waals surface area contributed by atoms with Crippen LogP contribution in [0.25, 0.3) is 11.1 Å². The molecule has 0 bridgehead atoms. The first kappa shape index (κ1) is 22.4. The number of halogens is 3. The number of aliphatic carboxylic acids is 1. The summed E-state index contributed by atoms with van der Waals surface area (Å²) in [5.74, 6) is -2.94. The van der Waals surface area contributed by atoms with E-state index in [1.54, 1.807) is 67.6 Å². The molecule has 0 aliphatic rings. The topological polar surface area (TPSA) is 46.5 Å². The number of benzene rings is 3. The Morgan fingerprint density at radius 1 is 0.968 bits per heavy atom. The van der Waals surface area contributed by atoms with Gasteiger partial charge in [0.25, 0.3) is 0 Å². The van der Waals surface area contributed by atoms with Crippen molar-refractivity contribution in [2.45, 2.75) is 38.5 Å². The maximum Gasteiger partial charge on any atom is 0.420 e. The molecule has 0 heterocycles. The van der Waals surface area contributed by atoms with Gasteiger partial charge >= 0.3 is 12.1 Å². The van der Waals surface area contributed by atoms with Crippen molar-refractivity contribution in [1.82, 2.24) is 0 Å². The fourth-order valence-corrected chi connectivity index (χ4v) is 3.56. The second-order valence-electron chi connectivity index (χ2n) is 7.26. The van der Waals surface area contributed by atoms with Crippen LogP contribution in [0.2, 0.25) is 0 Å². The largest absolute Gasteiger partial charge is 0.488 e. The van der Waals surface area contributed by atoms with E-state index in [-0.39, 0.29) is 24.3 Å². The second-order valence-corrected chi connectivity index (χ2v) is 7.26. The Morgan fingerprint density at radius 2 is 1.58 bits per heavy atom. The number of carbonyl (C=O) groups is 1. The van der Waals surface area contributed by atoms with Crippen LogP contribution in [0.4, 0.5) is 13.2 Å². The molecule has 6 heteroatoms. The molecule has 0 saturated carbocycles. The van der Waals surface area contributed by atoms with E-state index in [1.807, 2.05) is 0 Å². The lowest BCUT2D eigenvalue weighted by molar-refractivity contribution is -0.142. The molecule has 3 nitrogen and oxygen atoms in total. The van der Waals surface area contributed by atoms with Crippen molar-refractivity contribution >= 4 is 5.97 Å². The van der Waals surface area contributed by atoms with E-state index >= 15 is 0 Å². The number of hydrogen-bond acceptors (Lipinski definition) is 2. The molecule has 0 radical (unpaired) electrons. The average Bonchev–Trinajstić information content (AvgIpc) is 2.75. The Bertz CT molecular complexity index is 1020. The zero-order valence-electron chi connectivity index (χ0n) is 17.0. The highest BCUT2D eigenvalue weighted by molar-refractivity contribution is 5.79. The molecule has 3 aromatic rings. The van der Waals surface area contributed by atoms with Crippen LogP contribution in [0.15, 0.2) is 72.8 Å². The van der Waals surface area contributed by atoms with Crippen molar-refractivity contribution in [3.05, 3.63) is 89.5 Å². The van der Waals surface area contributed by atoms with E-state index in [2.05, 4.69) is 0 Å². The molecule has 0 spiro atoms. The lowest BCUT2D eigenvalue weighted by atomic mass is 9.87. The fraction of sp³-hybridized carbons (Fsp3) is 0.240. The summed E-state index contributed by atoms with van der Waals surface area (Å²) >= 11 is 0. The predicted octanol–water partition coefficient (Wildman–Crippen LogP) is 6.92. The third-order valence-electron chi connectivity index (χ3n) is 5.01. The minimum atomic E-state index is -4.77. The third kappa shape index (κ3) is 5.45. The van der Waals surface area contributed by atoms with Crippen LogP contribution in [-0.2, 0) is 17.6 Å². The lowest BCUT2D eigenvalue weighted by Gasteiger charge is -2.23.